The highest BCUT2D eigenvalue weighted by atomic mass is 32.2. The van der Waals surface area contributed by atoms with Crippen molar-refractivity contribution in [3.63, 3.8) is 0 Å². The molecule has 1 N–H and O–H groups in total. The molecule has 0 bridgehead atoms. The van der Waals surface area contributed by atoms with E-state index in [0.717, 1.165) is 24.8 Å². The van der Waals surface area contributed by atoms with E-state index in [1.54, 1.807) is 13.8 Å². The highest BCUT2D eigenvalue weighted by Gasteiger charge is 2.28. The fraction of sp³-hybridized carbons (Fsp3) is 0.400. The molecular weight excluding hydrogens is 318 g/mol. The number of nitrogens with one attached hydrogen (secondary N) is 1. The topological polar surface area (TPSA) is 46.2 Å². The molecule has 2 aromatic carbocycles. The van der Waals surface area contributed by atoms with Crippen LogP contribution < -0.4 is 4.72 Å². The van der Waals surface area contributed by atoms with E-state index in [0.29, 0.717) is 0 Å². The van der Waals surface area contributed by atoms with Gasteiger partial charge in [-0.15, -0.1) is 0 Å². The summed E-state index contributed by atoms with van der Waals surface area (Å²) in [6.07, 6.45) is 2.69. The maximum atomic E-state index is 12.1. The van der Waals surface area contributed by atoms with Gasteiger partial charge in [0, 0.05) is 6.04 Å². The lowest BCUT2D eigenvalue weighted by Gasteiger charge is -2.16. The number of hydrogen-bond donors (Lipinski definition) is 1. The number of sulfonamides is 1. The minimum atomic E-state index is -3.24. The summed E-state index contributed by atoms with van der Waals surface area (Å²) in [5.41, 5.74) is 6.28. The maximum absolute atomic E-state index is 12.1. The van der Waals surface area contributed by atoms with Crippen molar-refractivity contribution in [1.29, 1.82) is 0 Å². The summed E-state index contributed by atoms with van der Waals surface area (Å²) in [6, 6.07) is 14.9. The third-order valence-corrected chi connectivity index (χ3v) is 6.56. The van der Waals surface area contributed by atoms with Crippen LogP contribution in [0, 0.1) is 6.92 Å². The second kappa shape index (κ2) is 6.69. The van der Waals surface area contributed by atoms with Gasteiger partial charge in [0.1, 0.15) is 0 Å². The van der Waals surface area contributed by atoms with E-state index in [-0.39, 0.29) is 6.04 Å². The molecule has 0 saturated carbocycles. The van der Waals surface area contributed by atoms with Gasteiger partial charge in [0.2, 0.25) is 10.0 Å². The zero-order valence-corrected chi connectivity index (χ0v) is 15.4. The monoisotopic (exact) mass is 343 g/mol. The minimum absolute atomic E-state index is 0.0829. The molecule has 4 heteroatoms. The third kappa shape index (κ3) is 3.70. The van der Waals surface area contributed by atoms with Crippen LogP contribution in [0.2, 0.25) is 0 Å². The van der Waals surface area contributed by atoms with Gasteiger partial charge in [-0.25, -0.2) is 13.1 Å². The molecule has 0 aromatic heterocycles. The normalized spacial score (nSPS) is 17.2. The first-order valence-electron chi connectivity index (χ1n) is 8.53. The van der Waals surface area contributed by atoms with E-state index >= 15 is 0 Å². The van der Waals surface area contributed by atoms with Crippen LogP contribution in [0.5, 0.6) is 0 Å². The van der Waals surface area contributed by atoms with Gasteiger partial charge in [-0.3, -0.25) is 0 Å². The summed E-state index contributed by atoms with van der Waals surface area (Å²) >= 11 is 0. The Hall–Kier alpha value is -1.65. The molecule has 0 heterocycles. The second-order valence-corrected chi connectivity index (χ2v) is 9.27. The van der Waals surface area contributed by atoms with Crippen LogP contribution in [0.4, 0.5) is 0 Å². The predicted octanol–water partition coefficient (Wildman–Crippen LogP) is 3.90. The van der Waals surface area contributed by atoms with Gasteiger partial charge in [-0.05, 0) is 62.3 Å². The second-order valence-electron chi connectivity index (χ2n) is 7.00. The number of rotatable bonds is 5. The lowest BCUT2D eigenvalue weighted by Crippen LogP contribution is -2.33. The van der Waals surface area contributed by atoms with Crippen LogP contribution in [-0.4, -0.2) is 13.7 Å². The van der Waals surface area contributed by atoms with Crippen molar-refractivity contribution in [3.05, 3.63) is 70.3 Å². The Morgan fingerprint density at radius 2 is 1.88 bits per heavy atom. The van der Waals surface area contributed by atoms with Gasteiger partial charge >= 0.3 is 0 Å². The van der Waals surface area contributed by atoms with Crippen LogP contribution in [0.15, 0.2) is 42.5 Å². The molecule has 0 aliphatic heterocycles. The summed E-state index contributed by atoms with van der Waals surface area (Å²) in [4.78, 5) is 0. The number of aryl methyl sites for hydroxylation is 2. The lowest BCUT2D eigenvalue weighted by atomic mass is 9.99. The van der Waals surface area contributed by atoms with Crippen molar-refractivity contribution in [1.82, 2.24) is 4.72 Å². The molecule has 3 rings (SSSR count). The van der Waals surface area contributed by atoms with Gasteiger partial charge in [0.05, 0.1) is 5.25 Å². The Labute approximate surface area is 145 Å². The predicted molar refractivity (Wildman–Crippen MR) is 98.7 cm³/mol. The SMILES string of the molecule is Cc1cccc(Cc2ccc3c(c2)CCC3NS(=O)(=O)C(C)C)c1. The number of benzene rings is 2. The maximum Gasteiger partial charge on any atom is 0.214 e. The molecule has 1 aliphatic carbocycles. The van der Waals surface area contributed by atoms with E-state index < -0.39 is 15.3 Å². The van der Waals surface area contributed by atoms with Crippen LogP contribution in [0.3, 0.4) is 0 Å². The minimum Gasteiger partial charge on any atom is -0.212 e. The lowest BCUT2D eigenvalue weighted by molar-refractivity contribution is 0.546. The van der Waals surface area contributed by atoms with Crippen molar-refractivity contribution in [3.8, 4) is 0 Å². The zero-order chi connectivity index (χ0) is 17.3. The Balaban J connectivity index is 1.78. The first kappa shape index (κ1) is 17.2. The average Bonchev–Trinajstić information content (AvgIpc) is 2.89. The van der Waals surface area contributed by atoms with Crippen molar-refractivity contribution in [2.75, 3.05) is 0 Å². The van der Waals surface area contributed by atoms with E-state index in [1.165, 1.54) is 22.3 Å². The van der Waals surface area contributed by atoms with Crippen LogP contribution in [0.25, 0.3) is 0 Å². The molecule has 1 aliphatic rings. The molecule has 0 saturated heterocycles. The molecule has 128 valence electrons. The largest absolute Gasteiger partial charge is 0.214 e. The Bertz CT molecular complexity index is 840. The molecule has 24 heavy (non-hydrogen) atoms. The third-order valence-electron chi connectivity index (χ3n) is 4.70. The number of hydrogen-bond acceptors (Lipinski definition) is 2. The van der Waals surface area contributed by atoms with Crippen LogP contribution in [0.1, 0.15) is 54.1 Å². The molecule has 0 amide bonds. The summed E-state index contributed by atoms with van der Waals surface area (Å²) in [5.74, 6) is 0. The highest BCUT2D eigenvalue weighted by molar-refractivity contribution is 7.90. The first-order valence-corrected chi connectivity index (χ1v) is 10.1. The fourth-order valence-electron chi connectivity index (χ4n) is 3.30. The first-order chi connectivity index (χ1) is 11.3. The van der Waals surface area contributed by atoms with Crippen LogP contribution >= 0.6 is 0 Å². The Morgan fingerprint density at radius 1 is 1.12 bits per heavy atom. The van der Waals surface area contributed by atoms with Crippen molar-refractivity contribution < 1.29 is 8.42 Å². The van der Waals surface area contributed by atoms with Gasteiger partial charge in [-0.1, -0.05) is 48.0 Å². The molecular formula is C20H25NO2S. The fourth-order valence-corrected chi connectivity index (χ4v) is 4.21. The molecule has 0 radical (unpaired) electrons. The zero-order valence-electron chi connectivity index (χ0n) is 14.5. The van der Waals surface area contributed by atoms with Crippen LogP contribution in [-0.2, 0) is 22.9 Å². The standard InChI is InChI=1S/C20H25NO2S/c1-14(2)24(22,23)21-20-10-8-18-13-17(7-9-19(18)20)12-16-6-4-5-15(3)11-16/h4-7,9,11,13-14,20-21H,8,10,12H2,1-3H3. The van der Waals surface area contributed by atoms with E-state index in [4.69, 9.17) is 0 Å². The van der Waals surface area contributed by atoms with E-state index in [1.807, 2.05) is 0 Å². The molecule has 3 nitrogen and oxygen atoms in total. The smallest absolute Gasteiger partial charge is 0.212 e. The molecule has 0 fully saturated rings. The average molecular weight is 343 g/mol. The summed E-state index contributed by atoms with van der Waals surface area (Å²) in [5, 5.41) is -0.401. The number of fused-ring (bicyclic) bond motifs is 1. The van der Waals surface area contributed by atoms with Gasteiger partial charge in [0.15, 0.2) is 0 Å². The van der Waals surface area contributed by atoms with Crippen molar-refractivity contribution >= 4 is 10.0 Å². The molecule has 2 aromatic rings. The quantitative estimate of drug-likeness (QED) is 0.895. The van der Waals surface area contributed by atoms with E-state index in [9.17, 15) is 8.42 Å². The van der Waals surface area contributed by atoms with Crippen molar-refractivity contribution in [2.45, 2.75) is 51.3 Å². The van der Waals surface area contributed by atoms with Gasteiger partial charge in [-0.2, -0.15) is 0 Å². The van der Waals surface area contributed by atoms with Crippen molar-refractivity contribution in [2.24, 2.45) is 0 Å². The van der Waals surface area contributed by atoms with E-state index in [2.05, 4.69) is 54.1 Å². The highest BCUT2D eigenvalue weighted by Crippen LogP contribution is 2.33. The Morgan fingerprint density at radius 3 is 2.58 bits per heavy atom. The molecule has 1 atom stereocenters. The summed E-state index contributed by atoms with van der Waals surface area (Å²) < 4.78 is 27.1. The summed E-state index contributed by atoms with van der Waals surface area (Å²) in [7, 11) is -3.24. The van der Waals surface area contributed by atoms with Gasteiger partial charge in [0.25, 0.3) is 0 Å². The van der Waals surface area contributed by atoms with Gasteiger partial charge < -0.3 is 0 Å². The summed E-state index contributed by atoms with van der Waals surface area (Å²) in [6.45, 7) is 5.53. The molecule has 1 unspecified atom stereocenters. The molecule has 0 spiro atoms. The Kier molecular flexibility index (Phi) is 4.79.